The van der Waals surface area contributed by atoms with Crippen LogP contribution in [0.15, 0.2) is 35.1 Å². The molecule has 2 aromatic carbocycles. The molecule has 0 unspecified atom stereocenters. The van der Waals surface area contributed by atoms with Crippen LogP contribution in [-0.4, -0.2) is 4.98 Å². The standard InChI is InChI=1S/C13H6Cl3NO/c14-6-1-2-11-8(3-6)13(18)9-4-7(15)5-10(16)12(9)17-11/h1-5H,(H,17,18). The average molecular weight is 299 g/mol. The fraction of sp³-hybridized carbons (Fsp3) is 0. The van der Waals surface area contributed by atoms with E-state index in [1.807, 2.05) is 0 Å². The van der Waals surface area contributed by atoms with E-state index >= 15 is 0 Å². The molecule has 1 N–H and O–H groups in total. The van der Waals surface area contributed by atoms with Gasteiger partial charge in [0.25, 0.3) is 0 Å². The van der Waals surface area contributed by atoms with Gasteiger partial charge in [0.1, 0.15) is 0 Å². The number of pyridine rings is 1. The van der Waals surface area contributed by atoms with Crippen LogP contribution in [0.1, 0.15) is 0 Å². The normalized spacial score (nSPS) is 11.3. The Morgan fingerprint density at radius 3 is 2.39 bits per heavy atom. The highest BCUT2D eigenvalue weighted by atomic mass is 35.5. The largest absolute Gasteiger partial charge is 0.353 e. The average Bonchev–Trinajstić information content (AvgIpc) is 2.32. The van der Waals surface area contributed by atoms with Crippen molar-refractivity contribution in [1.82, 2.24) is 4.98 Å². The third kappa shape index (κ3) is 1.77. The summed E-state index contributed by atoms with van der Waals surface area (Å²) in [6, 6.07) is 8.30. The molecule has 0 amide bonds. The summed E-state index contributed by atoms with van der Waals surface area (Å²) >= 11 is 17.9. The first-order chi connectivity index (χ1) is 8.56. The van der Waals surface area contributed by atoms with Crippen LogP contribution < -0.4 is 5.43 Å². The zero-order valence-electron chi connectivity index (χ0n) is 8.93. The van der Waals surface area contributed by atoms with Gasteiger partial charge in [0.2, 0.25) is 0 Å². The van der Waals surface area contributed by atoms with E-state index < -0.39 is 0 Å². The molecule has 0 spiro atoms. The van der Waals surface area contributed by atoms with Crippen molar-refractivity contribution in [2.75, 3.05) is 0 Å². The molecule has 1 heterocycles. The Kier molecular flexibility index (Phi) is 2.74. The van der Waals surface area contributed by atoms with Crippen LogP contribution >= 0.6 is 34.8 Å². The molecule has 0 saturated carbocycles. The van der Waals surface area contributed by atoms with Crippen molar-refractivity contribution in [3.63, 3.8) is 0 Å². The minimum absolute atomic E-state index is 0.134. The summed E-state index contributed by atoms with van der Waals surface area (Å²) in [5.41, 5.74) is 1.15. The lowest BCUT2D eigenvalue weighted by Crippen LogP contribution is -2.04. The molecule has 0 saturated heterocycles. The van der Waals surface area contributed by atoms with Crippen molar-refractivity contribution in [3.8, 4) is 0 Å². The molecule has 1 aromatic heterocycles. The number of H-pyrrole nitrogens is 1. The molecule has 3 rings (SSSR count). The molecule has 0 bridgehead atoms. The number of halogens is 3. The number of benzene rings is 2. The number of hydrogen-bond acceptors (Lipinski definition) is 1. The first kappa shape index (κ1) is 11.8. The number of fused-ring (bicyclic) bond motifs is 2. The summed E-state index contributed by atoms with van der Waals surface area (Å²) in [4.78, 5) is 15.5. The van der Waals surface area contributed by atoms with Crippen LogP contribution in [0.3, 0.4) is 0 Å². The van der Waals surface area contributed by atoms with E-state index in [2.05, 4.69) is 4.98 Å². The van der Waals surface area contributed by atoms with Crippen LogP contribution in [0.25, 0.3) is 21.8 Å². The molecule has 0 aliphatic heterocycles. The van der Waals surface area contributed by atoms with Gasteiger partial charge in [-0.3, -0.25) is 4.79 Å². The highest BCUT2D eigenvalue weighted by Crippen LogP contribution is 2.27. The van der Waals surface area contributed by atoms with Crippen LogP contribution in [0.2, 0.25) is 15.1 Å². The van der Waals surface area contributed by atoms with Gasteiger partial charge in [0.05, 0.1) is 10.5 Å². The van der Waals surface area contributed by atoms with Crippen LogP contribution in [0.5, 0.6) is 0 Å². The van der Waals surface area contributed by atoms with E-state index in [1.165, 1.54) is 0 Å². The maximum atomic E-state index is 12.3. The SMILES string of the molecule is O=c1c2cc(Cl)ccc2[nH]c2c(Cl)cc(Cl)cc12. The van der Waals surface area contributed by atoms with Gasteiger partial charge in [-0.1, -0.05) is 34.8 Å². The highest BCUT2D eigenvalue weighted by molar-refractivity contribution is 6.38. The van der Waals surface area contributed by atoms with Crippen molar-refractivity contribution in [2.45, 2.75) is 0 Å². The van der Waals surface area contributed by atoms with Gasteiger partial charge in [-0.15, -0.1) is 0 Å². The van der Waals surface area contributed by atoms with Crippen molar-refractivity contribution in [1.29, 1.82) is 0 Å². The molecule has 0 atom stereocenters. The van der Waals surface area contributed by atoms with Gasteiger partial charge < -0.3 is 4.98 Å². The number of nitrogens with one attached hydrogen (secondary N) is 1. The molecule has 18 heavy (non-hydrogen) atoms. The van der Waals surface area contributed by atoms with Gasteiger partial charge in [0, 0.05) is 26.3 Å². The Balaban J connectivity index is 2.61. The lowest BCUT2D eigenvalue weighted by molar-refractivity contribution is 1.48. The predicted molar refractivity (Wildman–Crippen MR) is 77.1 cm³/mol. The molecule has 90 valence electrons. The first-order valence-corrected chi connectivity index (χ1v) is 6.30. The molecule has 2 nitrogen and oxygen atoms in total. The predicted octanol–water partition coefficient (Wildman–Crippen LogP) is 4.64. The van der Waals surface area contributed by atoms with E-state index in [9.17, 15) is 4.79 Å². The van der Waals surface area contributed by atoms with E-state index in [0.717, 1.165) is 0 Å². The number of aromatic nitrogens is 1. The minimum Gasteiger partial charge on any atom is -0.353 e. The van der Waals surface area contributed by atoms with Gasteiger partial charge in [-0.05, 0) is 30.3 Å². The zero-order valence-corrected chi connectivity index (χ0v) is 11.2. The Morgan fingerprint density at radius 2 is 1.61 bits per heavy atom. The zero-order chi connectivity index (χ0) is 12.9. The van der Waals surface area contributed by atoms with Crippen LogP contribution in [-0.2, 0) is 0 Å². The Labute approximate surface area is 117 Å². The number of rotatable bonds is 0. The van der Waals surface area contributed by atoms with E-state index in [1.54, 1.807) is 30.3 Å². The van der Waals surface area contributed by atoms with E-state index in [0.29, 0.717) is 36.9 Å². The monoisotopic (exact) mass is 297 g/mol. The summed E-state index contributed by atoms with van der Waals surface area (Å²) in [5, 5.41) is 2.35. The van der Waals surface area contributed by atoms with Gasteiger partial charge >= 0.3 is 0 Å². The maximum Gasteiger partial charge on any atom is 0.197 e. The second-order valence-electron chi connectivity index (χ2n) is 3.95. The second kappa shape index (κ2) is 4.16. The van der Waals surface area contributed by atoms with Crippen LogP contribution in [0.4, 0.5) is 0 Å². The summed E-state index contributed by atoms with van der Waals surface area (Å²) < 4.78 is 0. The van der Waals surface area contributed by atoms with Gasteiger partial charge in [-0.25, -0.2) is 0 Å². The van der Waals surface area contributed by atoms with Crippen LogP contribution in [0, 0.1) is 0 Å². The quantitative estimate of drug-likeness (QED) is 0.602. The molecular weight excluding hydrogens is 293 g/mol. The highest BCUT2D eigenvalue weighted by Gasteiger charge is 2.09. The summed E-state index contributed by atoms with van der Waals surface area (Å²) in [7, 11) is 0. The molecule has 0 radical (unpaired) electrons. The summed E-state index contributed by atoms with van der Waals surface area (Å²) in [5.74, 6) is 0. The molecule has 0 aliphatic carbocycles. The molecule has 3 aromatic rings. The molecule has 0 fully saturated rings. The minimum atomic E-state index is -0.134. The maximum absolute atomic E-state index is 12.3. The second-order valence-corrected chi connectivity index (χ2v) is 5.23. The van der Waals surface area contributed by atoms with Crippen molar-refractivity contribution in [3.05, 3.63) is 55.6 Å². The Bertz CT molecular complexity index is 839. The van der Waals surface area contributed by atoms with Crippen molar-refractivity contribution in [2.24, 2.45) is 0 Å². The van der Waals surface area contributed by atoms with E-state index in [-0.39, 0.29) is 5.43 Å². The molecule has 0 aliphatic rings. The lowest BCUT2D eigenvalue weighted by atomic mass is 10.1. The fourth-order valence-electron chi connectivity index (χ4n) is 1.97. The Morgan fingerprint density at radius 1 is 0.889 bits per heavy atom. The fourth-order valence-corrected chi connectivity index (χ4v) is 2.69. The van der Waals surface area contributed by atoms with Gasteiger partial charge in [0.15, 0.2) is 5.43 Å². The van der Waals surface area contributed by atoms with Gasteiger partial charge in [-0.2, -0.15) is 0 Å². The van der Waals surface area contributed by atoms with E-state index in [4.69, 9.17) is 34.8 Å². The molecular formula is C13H6Cl3NO. The molecule has 5 heteroatoms. The van der Waals surface area contributed by atoms with Crippen molar-refractivity contribution >= 4 is 56.6 Å². The number of aromatic amines is 1. The Hall–Kier alpha value is -1.22. The number of hydrogen-bond donors (Lipinski definition) is 1. The third-order valence-corrected chi connectivity index (χ3v) is 3.54. The van der Waals surface area contributed by atoms with Crippen molar-refractivity contribution < 1.29 is 0 Å². The third-order valence-electron chi connectivity index (χ3n) is 2.79. The topological polar surface area (TPSA) is 32.9 Å². The lowest BCUT2D eigenvalue weighted by Gasteiger charge is -2.05. The first-order valence-electron chi connectivity index (χ1n) is 5.16. The summed E-state index contributed by atoms with van der Waals surface area (Å²) in [6.45, 7) is 0. The smallest absolute Gasteiger partial charge is 0.197 e. The summed E-state index contributed by atoms with van der Waals surface area (Å²) in [6.07, 6.45) is 0.